The van der Waals surface area contributed by atoms with Crippen molar-refractivity contribution in [2.24, 2.45) is 5.41 Å². The highest BCUT2D eigenvalue weighted by atomic mass is 35.5. The molecule has 1 saturated heterocycles. The van der Waals surface area contributed by atoms with E-state index in [-0.39, 0.29) is 12.0 Å². The standard InChI is InChI=1S/C23H28ClNO2/c1-27-22-9-5-8-20(15-22)16-23(18-26)10-12-25(13-11-23)17-21(24)14-19-6-3-2-4-7-19/h2-9,14-15,26H,10-13,16-18H2,1H3/b21-14-. The fourth-order valence-corrected chi connectivity index (χ4v) is 4.08. The van der Waals surface area contributed by atoms with E-state index in [1.54, 1.807) is 7.11 Å². The number of piperidine rings is 1. The molecule has 0 aliphatic carbocycles. The molecule has 2 aromatic carbocycles. The number of aliphatic hydroxyl groups excluding tert-OH is 1. The zero-order valence-electron chi connectivity index (χ0n) is 15.9. The normalized spacial score (nSPS) is 17.7. The number of aliphatic hydroxyl groups is 1. The molecule has 1 aliphatic rings. The van der Waals surface area contributed by atoms with Gasteiger partial charge in [0.15, 0.2) is 0 Å². The Hall–Kier alpha value is -1.81. The number of hydrogen-bond acceptors (Lipinski definition) is 3. The Kier molecular flexibility index (Phi) is 6.95. The molecule has 0 amide bonds. The van der Waals surface area contributed by atoms with Crippen LogP contribution < -0.4 is 4.74 Å². The molecule has 1 aliphatic heterocycles. The SMILES string of the molecule is COc1cccc(CC2(CO)CCN(C/C(Cl)=C/c3ccccc3)CC2)c1. The van der Waals surface area contributed by atoms with Crippen LogP contribution in [0.15, 0.2) is 59.6 Å². The topological polar surface area (TPSA) is 32.7 Å². The Balaban J connectivity index is 1.58. The van der Waals surface area contributed by atoms with E-state index in [9.17, 15) is 5.11 Å². The minimum Gasteiger partial charge on any atom is -0.497 e. The molecule has 0 atom stereocenters. The smallest absolute Gasteiger partial charge is 0.119 e. The molecule has 3 nitrogen and oxygen atoms in total. The van der Waals surface area contributed by atoms with Crippen LogP contribution in [0, 0.1) is 5.41 Å². The molecule has 0 bridgehead atoms. The number of likely N-dealkylation sites (tertiary alicyclic amines) is 1. The van der Waals surface area contributed by atoms with E-state index >= 15 is 0 Å². The molecule has 0 spiro atoms. The van der Waals surface area contributed by atoms with E-state index in [0.717, 1.165) is 55.2 Å². The van der Waals surface area contributed by atoms with Gasteiger partial charge < -0.3 is 9.84 Å². The second kappa shape index (κ2) is 9.41. The predicted molar refractivity (Wildman–Crippen MR) is 112 cm³/mol. The highest BCUT2D eigenvalue weighted by Crippen LogP contribution is 2.35. The molecular formula is C23H28ClNO2. The molecular weight excluding hydrogens is 358 g/mol. The van der Waals surface area contributed by atoms with Crippen LogP contribution in [-0.2, 0) is 6.42 Å². The van der Waals surface area contributed by atoms with Crippen LogP contribution >= 0.6 is 11.6 Å². The summed E-state index contributed by atoms with van der Waals surface area (Å²) in [5.41, 5.74) is 2.29. The van der Waals surface area contributed by atoms with Crippen LogP contribution in [0.4, 0.5) is 0 Å². The monoisotopic (exact) mass is 385 g/mol. The first-order valence-electron chi connectivity index (χ1n) is 9.50. The molecule has 2 aromatic rings. The first-order valence-corrected chi connectivity index (χ1v) is 9.87. The number of nitrogens with zero attached hydrogens (tertiary/aromatic N) is 1. The van der Waals surface area contributed by atoms with Crippen molar-refractivity contribution >= 4 is 17.7 Å². The van der Waals surface area contributed by atoms with Crippen molar-refractivity contribution in [3.8, 4) is 5.75 Å². The zero-order valence-corrected chi connectivity index (χ0v) is 16.7. The van der Waals surface area contributed by atoms with E-state index in [2.05, 4.69) is 29.2 Å². The summed E-state index contributed by atoms with van der Waals surface area (Å²) in [5, 5.41) is 11.0. The van der Waals surface area contributed by atoms with Crippen LogP contribution in [0.5, 0.6) is 5.75 Å². The Morgan fingerprint density at radius 3 is 2.56 bits per heavy atom. The van der Waals surface area contributed by atoms with Gasteiger partial charge in [-0.05, 0) is 67.1 Å². The van der Waals surface area contributed by atoms with E-state index in [4.69, 9.17) is 16.3 Å². The minimum absolute atomic E-state index is 0.0571. The van der Waals surface area contributed by atoms with Gasteiger partial charge in [0.1, 0.15) is 5.75 Å². The first-order chi connectivity index (χ1) is 13.1. The summed E-state index contributed by atoms with van der Waals surface area (Å²) in [6.07, 6.45) is 4.85. The summed E-state index contributed by atoms with van der Waals surface area (Å²) < 4.78 is 5.33. The highest BCUT2D eigenvalue weighted by molar-refractivity contribution is 6.31. The molecule has 1 heterocycles. The van der Waals surface area contributed by atoms with Gasteiger partial charge >= 0.3 is 0 Å². The summed E-state index contributed by atoms with van der Waals surface area (Å²) in [6, 6.07) is 18.3. The van der Waals surface area contributed by atoms with Crippen LogP contribution in [0.25, 0.3) is 6.08 Å². The Morgan fingerprint density at radius 1 is 1.15 bits per heavy atom. The molecule has 0 unspecified atom stereocenters. The molecule has 3 rings (SSSR count). The van der Waals surface area contributed by atoms with E-state index < -0.39 is 0 Å². The van der Waals surface area contributed by atoms with Crippen LogP contribution in [0.2, 0.25) is 0 Å². The lowest BCUT2D eigenvalue weighted by Crippen LogP contribution is -2.43. The van der Waals surface area contributed by atoms with Crippen LogP contribution in [0.3, 0.4) is 0 Å². The van der Waals surface area contributed by atoms with Gasteiger partial charge in [-0.1, -0.05) is 54.1 Å². The van der Waals surface area contributed by atoms with Gasteiger partial charge in [-0.15, -0.1) is 0 Å². The van der Waals surface area contributed by atoms with Crippen molar-refractivity contribution in [1.82, 2.24) is 4.90 Å². The number of rotatable bonds is 7. The number of ether oxygens (including phenoxy) is 1. The Labute approximate surface area is 167 Å². The molecule has 27 heavy (non-hydrogen) atoms. The molecule has 144 valence electrons. The predicted octanol–water partition coefficient (Wildman–Crippen LogP) is 4.59. The second-order valence-corrected chi connectivity index (χ2v) is 7.95. The summed E-state index contributed by atoms with van der Waals surface area (Å²) >= 11 is 6.47. The van der Waals surface area contributed by atoms with Gasteiger partial charge in [0.2, 0.25) is 0 Å². The number of methoxy groups -OCH3 is 1. The molecule has 0 aromatic heterocycles. The maximum Gasteiger partial charge on any atom is 0.119 e. The minimum atomic E-state index is -0.0571. The third-order valence-corrected chi connectivity index (χ3v) is 5.69. The van der Waals surface area contributed by atoms with E-state index in [1.165, 1.54) is 5.56 Å². The summed E-state index contributed by atoms with van der Waals surface area (Å²) in [6.45, 7) is 2.87. The van der Waals surface area contributed by atoms with Gasteiger partial charge in [-0.3, -0.25) is 4.90 Å². The molecule has 0 saturated carbocycles. The van der Waals surface area contributed by atoms with Crippen molar-refractivity contribution in [1.29, 1.82) is 0 Å². The number of benzene rings is 2. The third-order valence-electron chi connectivity index (χ3n) is 5.46. The van der Waals surface area contributed by atoms with Crippen molar-refractivity contribution in [3.63, 3.8) is 0 Å². The maximum atomic E-state index is 10.1. The summed E-state index contributed by atoms with van der Waals surface area (Å²) in [5.74, 6) is 0.871. The molecule has 0 radical (unpaired) electrons. The average Bonchev–Trinajstić information content (AvgIpc) is 2.70. The fraction of sp³-hybridized carbons (Fsp3) is 0.391. The van der Waals surface area contributed by atoms with Gasteiger partial charge in [-0.2, -0.15) is 0 Å². The van der Waals surface area contributed by atoms with Gasteiger partial charge in [-0.25, -0.2) is 0 Å². The summed E-state index contributed by atoms with van der Waals surface area (Å²) in [7, 11) is 1.69. The summed E-state index contributed by atoms with van der Waals surface area (Å²) in [4.78, 5) is 2.38. The van der Waals surface area contributed by atoms with Crippen LogP contribution in [0.1, 0.15) is 24.0 Å². The lowest BCUT2D eigenvalue weighted by atomic mass is 9.74. The fourth-order valence-electron chi connectivity index (χ4n) is 3.78. The van der Waals surface area contributed by atoms with Crippen molar-refractivity contribution in [3.05, 3.63) is 70.8 Å². The molecule has 1 fully saturated rings. The van der Waals surface area contributed by atoms with Crippen molar-refractivity contribution in [2.75, 3.05) is 33.4 Å². The van der Waals surface area contributed by atoms with Crippen molar-refractivity contribution in [2.45, 2.75) is 19.3 Å². The first kappa shape index (κ1) is 19.9. The number of hydrogen-bond donors (Lipinski definition) is 1. The van der Waals surface area contributed by atoms with Gasteiger partial charge in [0, 0.05) is 18.2 Å². The van der Waals surface area contributed by atoms with E-state index in [1.807, 2.05) is 36.4 Å². The highest BCUT2D eigenvalue weighted by Gasteiger charge is 2.34. The second-order valence-electron chi connectivity index (χ2n) is 7.46. The quantitative estimate of drug-likeness (QED) is 0.756. The lowest BCUT2D eigenvalue weighted by Gasteiger charge is -2.41. The lowest BCUT2D eigenvalue weighted by molar-refractivity contribution is 0.0480. The van der Waals surface area contributed by atoms with Crippen molar-refractivity contribution < 1.29 is 9.84 Å². The third kappa shape index (κ3) is 5.58. The Bertz CT molecular complexity index is 752. The maximum absolute atomic E-state index is 10.1. The molecule has 1 N–H and O–H groups in total. The Morgan fingerprint density at radius 2 is 1.89 bits per heavy atom. The van der Waals surface area contributed by atoms with E-state index in [0.29, 0.717) is 0 Å². The van der Waals surface area contributed by atoms with Gasteiger partial charge in [0.05, 0.1) is 7.11 Å². The number of halogens is 1. The van der Waals surface area contributed by atoms with Gasteiger partial charge in [0.25, 0.3) is 0 Å². The van der Waals surface area contributed by atoms with Crippen LogP contribution in [-0.4, -0.2) is 43.4 Å². The molecule has 4 heteroatoms. The average molecular weight is 386 g/mol. The largest absolute Gasteiger partial charge is 0.497 e. The zero-order chi connectivity index (χ0) is 19.1.